The van der Waals surface area contributed by atoms with Crippen molar-refractivity contribution >= 4 is 15.7 Å². The number of nitrogens with one attached hydrogen (secondary N) is 2. The lowest BCUT2D eigenvalue weighted by Gasteiger charge is -2.13. The van der Waals surface area contributed by atoms with Crippen LogP contribution in [-0.4, -0.2) is 30.8 Å². The van der Waals surface area contributed by atoms with E-state index >= 15 is 0 Å². The molecule has 0 saturated carbocycles. The highest BCUT2D eigenvalue weighted by molar-refractivity contribution is 7.90. The quantitative estimate of drug-likeness (QED) is 0.871. The SMILES string of the molecule is CC(NC(=O)c1cc(C(F)F)[nH]n1)c1ccc(S(C)(=O)=O)cc1. The Hall–Kier alpha value is -2.29. The van der Waals surface area contributed by atoms with Crippen molar-refractivity contribution in [2.24, 2.45) is 0 Å². The number of hydrogen-bond donors (Lipinski definition) is 2. The van der Waals surface area contributed by atoms with E-state index < -0.39 is 33.9 Å². The average Bonchev–Trinajstić information content (AvgIpc) is 2.96. The van der Waals surface area contributed by atoms with Crippen molar-refractivity contribution < 1.29 is 22.0 Å². The molecular formula is C14H15F2N3O3S. The molecule has 1 atom stereocenters. The number of carbonyl (C=O) groups excluding carboxylic acids is 1. The van der Waals surface area contributed by atoms with Gasteiger partial charge in [0.05, 0.1) is 10.9 Å². The normalized spacial score (nSPS) is 13.1. The first-order chi connectivity index (χ1) is 10.7. The zero-order valence-electron chi connectivity index (χ0n) is 12.4. The maximum Gasteiger partial charge on any atom is 0.279 e. The van der Waals surface area contributed by atoms with Gasteiger partial charge in [-0.05, 0) is 30.7 Å². The average molecular weight is 343 g/mol. The van der Waals surface area contributed by atoms with Crippen LogP contribution < -0.4 is 5.32 Å². The van der Waals surface area contributed by atoms with Gasteiger partial charge >= 0.3 is 0 Å². The second-order valence-electron chi connectivity index (χ2n) is 5.05. The molecule has 2 N–H and O–H groups in total. The lowest BCUT2D eigenvalue weighted by atomic mass is 10.1. The van der Waals surface area contributed by atoms with Crippen LogP contribution in [0.3, 0.4) is 0 Å². The van der Waals surface area contributed by atoms with Gasteiger partial charge in [0, 0.05) is 6.26 Å². The first kappa shape index (κ1) is 17.1. The second-order valence-corrected chi connectivity index (χ2v) is 7.06. The lowest BCUT2D eigenvalue weighted by Crippen LogP contribution is -2.27. The predicted molar refractivity (Wildman–Crippen MR) is 79.0 cm³/mol. The second kappa shape index (κ2) is 6.45. The minimum Gasteiger partial charge on any atom is -0.344 e. The van der Waals surface area contributed by atoms with Crippen molar-refractivity contribution in [2.45, 2.75) is 24.3 Å². The van der Waals surface area contributed by atoms with E-state index in [1.807, 2.05) is 0 Å². The van der Waals surface area contributed by atoms with Crippen LogP contribution >= 0.6 is 0 Å². The maximum atomic E-state index is 12.5. The van der Waals surface area contributed by atoms with Gasteiger partial charge in [-0.2, -0.15) is 5.10 Å². The van der Waals surface area contributed by atoms with Gasteiger partial charge < -0.3 is 5.32 Å². The fraction of sp³-hybridized carbons (Fsp3) is 0.286. The van der Waals surface area contributed by atoms with Crippen molar-refractivity contribution in [1.29, 1.82) is 0 Å². The number of halogens is 2. The third-order valence-corrected chi connectivity index (χ3v) is 4.35. The van der Waals surface area contributed by atoms with Crippen molar-refractivity contribution in [3.63, 3.8) is 0 Å². The Bertz CT molecular complexity index is 801. The number of rotatable bonds is 5. The molecule has 9 heteroatoms. The molecule has 0 aliphatic carbocycles. The van der Waals surface area contributed by atoms with Crippen LogP contribution in [-0.2, 0) is 9.84 Å². The minimum atomic E-state index is -3.29. The molecule has 6 nitrogen and oxygen atoms in total. The largest absolute Gasteiger partial charge is 0.344 e. The fourth-order valence-electron chi connectivity index (χ4n) is 1.92. The van der Waals surface area contributed by atoms with E-state index in [1.54, 1.807) is 19.1 Å². The molecule has 2 rings (SSSR count). The Labute approximate surface area is 131 Å². The summed E-state index contributed by atoms with van der Waals surface area (Å²) in [6, 6.07) is 6.59. The minimum absolute atomic E-state index is 0.139. The van der Waals surface area contributed by atoms with Gasteiger partial charge in [-0.25, -0.2) is 17.2 Å². The summed E-state index contributed by atoms with van der Waals surface area (Å²) in [4.78, 5) is 12.1. The number of benzene rings is 1. The highest BCUT2D eigenvalue weighted by atomic mass is 32.2. The van der Waals surface area contributed by atoms with Gasteiger partial charge in [0.25, 0.3) is 12.3 Å². The predicted octanol–water partition coefficient (Wildman–Crippen LogP) is 2.24. The molecule has 1 aromatic carbocycles. The van der Waals surface area contributed by atoms with Crippen LogP contribution in [0.5, 0.6) is 0 Å². The van der Waals surface area contributed by atoms with E-state index in [2.05, 4.69) is 15.5 Å². The molecule has 0 aliphatic rings. The molecule has 1 aromatic heterocycles. The van der Waals surface area contributed by atoms with Crippen molar-refractivity contribution in [3.05, 3.63) is 47.3 Å². The number of hydrogen-bond acceptors (Lipinski definition) is 4. The summed E-state index contributed by atoms with van der Waals surface area (Å²) in [5.41, 5.74) is 0.107. The van der Waals surface area contributed by atoms with Gasteiger partial charge in [-0.1, -0.05) is 12.1 Å². The summed E-state index contributed by atoms with van der Waals surface area (Å²) < 4.78 is 47.7. The summed E-state index contributed by atoms with van der Waals surface area (Å²) >= 11 is 0. The molecule has 1 amide bonds. The van der Waals surface area contributed by atoms with E-state index in [1.165, 1.54) is 12.1 Å². The molecule has 0 aliphatic heterocycles. The number of alkyl halides is 2. The molecule has 1 unspecified atom stereocenters. The molecule has 2 aromatic rings. The highest BCUT2D eigenvalue weighted by Crippen LogP contribution is 2.18. The standard InChI is InChI=1S/C14H15F2N3O3S/c1-8(9-3-5-10(6-4-9)23(2,21)22)17-14(20)12-7-11(13(15)16)18-19-12/h3-8,13H,1-2H3,(H,17,20)(H,18,19). The highest BCUT2D eigenvalue weighted by Gasteiger charge is 2.18. The molecule has 1 heterocycles. The molecule has 124 valence electrons. The van der Waals surface area contributed by atoms with Crippen LogP contribution in [0.25, 0.3) is 0 Å². The van der Waals surface area contributed by atoms with E-state index in [0.717, 1.165) is 12.3 Å². The van der Waals surface area contributed by atoms with Crippen LogP contribution in [0.4, 0.5) is 8.78 Å². The zero-order valence-corrected chi connectivity index (χ0v) is 13.2. The molecule has 0 bridgehead atoms. The van der Waals surface area contributed by atoms with Gasteiger partial charge in [0.2, 0.25) is 0 Å². The van der Waals surface area contributed by atoms with Crippen molar-refractivity contribution in [3.8, 4) is 0 Å². The zero-order chi connectivity index (χ0) is 17.2. The summed E-state index contributed by atoms with van der Waals surface area (Å²) in [6.45, 7) is 1.69. The number of nitrogens with zero attached hydrogens (tertiary/aromatic N) is 1. The number of sulfone groups is 1. The molecule has 0 radical (unpaired) electrons. The number of aromatic nitrogens is 2. The first-order valence-electron chi connectivity index (χ1n) is 6.63. The van der Waals surface area contributed by atoms with Crippen LogP contribution in [0.1, 0.15) is 41.1 Å². The first-order valence-corrected chi connectivity index (χ1v) is 8.52. The van der Waals surface area contributed by atoms with Gasteiger partial charge in [-0.3, -0.25) is 9.89 Å². The Morgan fingerprint density at radius 3 is 2.35 bits per heavy atom. The van der Waals surface area contributed by atoms with Crippen molar-refractivity contribution in [1.82, 2.24) is 15.5 Å². The molecule has 0 fully saturated rings. The van der Waals surface area contributed by atoms with Crippen LogP contribution in [0.2, 0.25) is 0 Å². The summed E-state index contributed by atoms with van der Waals surface area (Å²) in [6.07, 6.45) is -1.63. The van der Waals surface area contributed by atoms with Crippen LogP contribution in [0, 0.1) is 0 Å². The molecule has 0 saturated heterocycles. The number of aromatic amines is 1. The third-order valence-electron chi connectivity index (χ3n) is 3.22. The molecule has 0 spiro atoms. The Kier molecular flexibility index (Phi) is 4.79. The lowest BCUT2D eigenvalue weighted by molar-refractivity contribution is 0.0935. The number of H-pyrrole nitrogens is 1. The Balaban J connectivity index is 2.08. The van der Waals surface area contributed by atoms with Gasteiger partial charge in [-0.15, -0.1) is 0 Å². The van der Waals surface area contributed by atoms with Gasteiger partial charge in [0.15, 0.2) is 9.84 Å². The third kappa shape index (κ3) is 4.13. The number of carbonyl (C=O) groups is 1. The fourth-order valence-corrected chi connectivity index (χ4v) is 2.55. The van der Waals surface area contributed by atoms with E-state index in [0.29, 0.717) is 5.56 Å². The summed E-state index contributed by atoms with van der Waals surface area (Å²) in [7, 11) is -3.29. The van der Waals surface area contributed by atoms with E-state index in [4.69, 9.17) is 0 Å². The monoisotopic (exact) mass is 343 g/mol. The molecule has 23 heavy (non-hydrogen) atoms. The smallest absolute Gasteiger partial charge is 0.279 e. The molecular weight excluding hydrogens is 328 g/mol. The topological polar surface area (TPSA) is 91.9 Å². The van der Waals surface area contributed by atoms with Crippen LogP contribution in [0.15, 0.2) is 35.2 Å². The van der Waals surface area contributed by atoms with E-state index in [9.17, 15) is 22.0 Å². The Morgan fingerprint density at radius 1 is 1.26 bits per heavy atom. The number of amides is 1. The van der Waals surface area contributed by atoms with E-state index in [-0.39, 0.29) is 10.6 Å². The van der Waals surface area contributed by atoms with Gasteiger partial charge in [0.1, 0.15) is 11.4 Å². The van der Waals surface area contributed by atoms with Crippen molar-refractivity contribution in [2.75, 3.05) is 6.26 Å². The summed E-state index contributed by atoms with van der Waals surface area (Å²) in [5, 5.41) is 8.24. The summed E-state index contributed by atoms with van der Waals surface area (Å²) in [5.74, 6) is -0.604. The Morgan fingerprint density at radius 2 is 1.87 bits per heavy atom. The maximum absolute atomic E-state index is 12.5.